The number of para-hydroxylation sites is 1. The van der Waals surface area contributed by atoms with Crippen LogP contribution in [0, 0.1) is 0 Å². The highest BCUT2D eigenvalue weighted by Crippen LogP contribution is 2.20. The monoisotopic (exact) mass is 197 g/mol. The Hall–Kier alpha value is -2.03. The summed E-state index contributed by atoms with van der Waals surface area (Å²) in [6.45, 7) is 0. The zero-order valence-corrected chi connectivity index (χ0v) is 8.46. The molecule has 0 saturated carbocycles. The number of hydrogen-bond donors (Lipinski definition) is 0. The number of rotatable bonds is 1. The van der Waals surface area contributed by atoms with Crippen LogP contribution in [0.25, 0.3) is 16.7 Å². The molecule has 3 heteroatoms. The molecule has 3 rings (SSSR count). The molecule has 2 heterocycles. The van der Waals surface area contributed by atoms with E-state index in [1.165, 1.54) is 5.39 Å². The highest BCUT2D eigenvalue weighted by atomic mass is 15.3. The van der Waals surface area contributed by atoms with E-state index in [9.17, 15) is 0 Å². The van der Waals surface area contributed by atoms with Crippen LogP contribution in [0.15, 0.2) is 48.8 Å². The van der Waals surface area contributed by atoms with Crippen molar-refractivity contribution in [3.8, 4) is 5.82 Å². The maximum absolute atomic E-state index is 4.51. The molecule has 0 aliphatic heterocycles. The predicted octanol–water partition coefficient (Wildman–Crippen LogP) is 2.36. The van der Waals surface area contributed by atoms with Gasteiger partial charge in [-0.25, -0.2) is 0 Å². The lowest BCUT2D eigenvalue weighted by atomic mass is 10.2. The molecule has 0 aliphatic carbocycles. The molecular formula is C12H11N3. The topological polar surface area (TPSA) is 22.8 Å². The molecule has 0 unspecified atom stereocenters. The van der Waals surface area contributed by atoms with Crippen LogP contribution in [0.3, 0.4) is 0 Å². The van der Waals surface area contributed by atoms with Gasteiger partial charge < -0.3 is 4.57 Å². The van der Waals surface area contributed by atoms with Crippen molar-refractivity contribution in [3.05, 3.63) is 48.8 Å². The summed E-state index contributed by atoms with van der Waals surface area (Å²) in [4.78, 5) is 0. The van der Waals surface area contributed by atoms with Gasteiger partial charge in [-0.05, 0) is 24.3 Å². The van der Waals surface area contributed by atoms with Crippen LogP contribution in [0.1, 0.15) is 0 Å². The second-order valence-corrected chi connectivity index (χ2v) is 3.55. The van der Waals surface area contributed by atoms with Gasteiger partial charge >= 0.3 is 0 Å². The molecule has 0 atom stereocenters. The van der Waals surface area contributed by atoms with E-state index in [0.717, 1.165) is 11.3 Å². The molecule has 0 radical (unpaired) electrons. The first-order valence-corrected chi connectivity index (χ1v) is 4.91. The third kappa shape index (κ3) is 1.16. The van der Waals surface area contributed by atoms with Crippen LogP contribution in [-0.4, -0.2) is 14.3 Å². The second kappa shape index (κ2) is 2.98. The zero-order valence-electron chi connectivity index (χ0n) is 8.46. The summed E-state index contributed by atoms with van der Waals surface area (Å²) >= 11 is 0. The molecule has 0 N–H and O–H groups in total. The van der Waals surface area contributed by atoms with Crippen LogP contribution < -0.4 is 0 Å². The normalized spacial score (nSPS) is 11.0. The molecule has 74 valence electrons. The lowest BCUT2D eigenvalue weighted by Gasteiger charge is -1.96. The SMILES string of the molecule is Cn1nc(-n2cccc2)c2ccccc21. The number of aromatic nitrogens is 3. The Morgan fingerprint density at radius 2 is 1.73 bits per heavy atom. The van der Waals surface area contributed by atoms with Gasteiger partial charge in [0.15, 0.2) is 5.82 Å². The van der Waals surface area contributed by atoms with E-state index in [4.69, 9.17) is 0 Å². The molecule has 1 aromatic carbocycles. The Morgan fingerprint density at radius 3 is 2.53 bits per heavy atom. The van der Waals surface area contributed by atoms with Gasteiger partial charge in [-0.3, -0.25) is 4.68 Å². The van der Waals surface area contributed by atoms with E-state index in [2.05, 4.69) is 17.2 Å². The first kappa shape index (κ1) is 8.29. The Labute approximate surface area is 87.6 Å². The summed E-state index contributed by atoms with van der Waals surface area (Å²) in [6, 6.07) is 12.3. The quantitative estimate of drug-likeness (QED) is 0.587. The third-order valence-corrected chi connectivity index (χ3v) is 2.59. The molecule has 0 fully saturated rings. The van der Waals surface area contributed by atoms with Gasteiger partial charge in [0.05, 0.1) is 5.52 Å². The fourth-order valence-corrected chi connectivity index (χ4v) is 1.86. The Kier molecular flexibility index (Phi) is 1.65. The average molecular weight is 197 g/mol. The fourth-order valence-electron chi connectivity index (χ4n) is 1.86. The molecule has 15 heavy (non-hydrogen) atoms. The molecule has 2 aromatic heterocycles. The van der Waals surface area contributed by atoms with Gasteiger partial charge in [-0.1, -0.05) is 12.1 Å². The number of nitrogens with zero attached hydrogens (tertiary/aromatic N) is 3. The van der Waals surface area contributed by atoms with Crippen LogP contribution in [0.2, 0.25) is 0 Å². The number of benzene rings is 1. The van der Waals surface area contributed by atoms with Gasteiger partial charge in [0.2, 0.25) is 0 Å². The fraction of sp³-hybridized carbons (Fsp3) is 0.0833. The van der Waals surface area contributed by atoms with E-state index in [1.54, 1.807) is 0 Å². The number of aryl methyl sites for hydroxylation is 1. The van der Waals surface area contributed by atoms with Crippen molar-refractivity contribution in [1.29, 1.82) is 0 Å². The first-order chi connectivity index (χ1) is 7.36. The molecule has 3 nitrogen and oxygen atoms in total. The number of fused-ring (bicyclic) bond motifs is 1. The highest BCUT2D eigenvalue weighted by Gasteiger charge is 2.07. The molecule has 3 aromatic rings. The van der Waals surface area contributed by atoms with Crippen LogP contribution in [0.5, 0.6) is 0 Å². The van der Waals surface area contributed by atoms with Crippen molar-refractivity contribution in [2.75, 3.05) is 0 Å². The predicted molar refractivity (Wildman–Crippen MR) is 60.0 cm³/mol. The highest BCUT2D eigenvalue weighted by molar-refractivity contribution is 5.86. The smallest absolute Gasteiger partial charge is 0.166 e. The summed E-state index contributed by atoms with van der Waals surface area (Å²) in [5.41, 5.74) is 1.15. The summed E-state index contributed by atoms with van der Waals surface area (Å²) in [6.07, 6.45) is 4.02. The molecule has 0 spiro atoms. The van der Waals surface area contributed by atoms with E-state index in [-0.39, 0.29) is 0 Å². The lowest BCUT2D eigenvalue weighted by Crippen LogP contribution is -1.94. The summed E-state index contributed by atoms with van der Waals surface area (Å²) < 4.78 is 3.94. The van der Waals surface area contributed by atoms with Crippen molar-refractivity contribution < 1.29 is 0 Å². The number of hydrogen-bond acceptors (Lipinski definition) is 1. The molecule has 0 aliphatic rings. The van der Waals surface area contributed by atoms with Gasteiger partial charge in [0.25, 0.3) is 0 Å². The van der Waals surface area contributed by atoms with Gasteiger partial charge in [0.1, 0.15) is 0 Å². The van der Waals surface area contributed by atoms with Crippen molar-refractivity contribution in [3.63, 3.8) is 0 Å². The third-order valence-electron chi connectivity index (χ3n) is 2.59. The van der Waals surface area contributed by atoms with E-state index < -0.39 is 0 Å². The van der Waals surface area contributed by atoms with Crippen molar-refractivity contribution in [2.45, 2.75) is 0 Å². The molecule has 0 saturated heterocycles. The van der Waals surface area contributed by atoms with Gasteiger partial charge in [-0.2, -0.15) is 5.10 Å². The largest absolute Gasteiger partial charge is 0.307 e. The van der Waals surface area contributed by atoms with Gasteiger partial charge in [0, 0.05) is 24.8 Å². The minimum absolute atomic E-state index is 0.984. The maximum atomic E-state index is 4.51. The van der Waals surface area contributed by atoms with Crippen molar-refractivity contribution in [1.82, 2.24) is 14.3 Å². The minimum atomic E-state index is 0.984. The first-order valence-electron chi connectivity index (χ1n) is 4.91. The molecule has 0 amide bonds. The Morgan fingerprint density at radius 1 is 1.00 bits per heavy atom. The Bertz CT molecular complexity index is 590. The van der Waals surface area contributed by atoms with E-state index in [1.807, 2.05) is 53.0 Å². The Balaban J connectivity index is 2.37. The van der Waals surface area contributed by atoms with E-state index in [0.29, 0.717) is 0 Å². The summed E-state index contributed by atoms with van der Waals surface area (Å²) in [5, 5.41) is 5.69. The summed E-state index contributed by atoms with van der Waals surface area (Å²) in [7, 11) is 1.97. The zero-order chi connectivity index (χ0) is 10.3. The van der Waals surface area contributed by atoms with Crippen molar-refractivity contribution in [2.24, 2.45) is 7.05 Å². The average Bonchev–Trinajstić information content (AvgIpc) is 2.87. The van der Waals surface area contributed by atoms with E-state index >= 15 is 0 Å². The van der Waals surface area contributed by atoms with Crippen LogP contribution >= 0.6 is 0 Å². The van der Waals surface area contributed by atoms with Gasteiger partial charge in [-0.15, -0.1) is 0 Å². The standard InChI is InChI=1S/C12H11N3/c1-14-11-7-3-2-6-10(11)12(13-14)15-8-4-5-9-15/h2-9H,1H3. The van der Waals surface area contributed by atoms with Crippen LogP contribution in [-0.2, 0) is 7.05 Å². The lowest BCUT2D eigenvalue weighted by molar-refractivity contribution is 0.776. The minimum Gasteiger partial charge on any atom is -0.307 e. The second-order valence-electron chi connectivity index (χ2n) is 3.55. The molecular weight excluding hydrogens is 186 g/mol. The molecule has 0 bridgehead atoms. The maximum Gasteiger partial charge on any atom is 0.166 e. The van der Waals surface area contributed by atoms with Crippen LogP contribution in [0.4, 0.5) is 0 Å². The summed E-state index contributed by atoms with van der Waals surface area (Å²) in [5.74, 6) is 0.984. The van der Waals surface area contributed by atoms with Crippen molar-refractivity contribution >= 4 is 10.9 Å².